The molecule has 1 aromatic rings. The highest BCUT2D eigenvalue weighted by atomic mass is 32.2. The molecule has 2 amide bonds. The SMILES string of the molecule is CC1CC2C(CF)(N=C(N(C(=O)OC(C)(C)C)C(=O)OC(C)(C)C)C(C)(C)S2(=O)=O)c2cc(N)ccc2O1. The zero-order valence-electron chi connectivity index (χ0n) is 23.4. The highest BCUT2D eigenvalue weighted by molar-refractivity contribution is 7.94. The van der Waals surface area contributed by atoms with Crippen molar-refractivity contribution in [2.75, 3.05) is 12.4 Å². The monoisotopic (exact) mass is 555 g/mol. The van der Waals surface area contributed by atoms with Crippen molar-refractivity contribution in [3.63, 3.8) is 0 Å². The first kappa shape index (κ1) is 29.7. The number of aliphatic imine (C=N–C) groups is 1. The second-order valence-electron chi connectivity index (χ2n) is 12.3. The van der Waals surface area contributed by atoms with Crippen LogP contribution in [-0.4, -0.2) is 65.3 Å². The molecule has 212 valence electrons. The van der Waals surface area contributed by atoms with Crippen molar-refractivity contribution in [2.45, 2.75) is 102 Å². The summed E-state index contributed by atoms with van der Waals surface area (Å²) in [7, 11) is -4.34. The topological polar surface area (TPSA) is 138 Å². The number of hydrogen-bond donors (Lipinski definition) is 1. The van der Waals surface area contributed by atoms with Crippen LogP contribution in [0.2, 0.25) is 0 Å². The summed E-state index contributed by atoms with van der Waals surface area (Å²) in [6.45, 7) is 12.6. The maximum atomic E-state index is 15.4. The highest BCUT2D eigenvalue weighted by Crippen LogP contribution is 2.51. The molecule has 0 saturated carbocycles. The van der Waals surface area contributed by atoms with Crippen molar-refractivity contribution < 1.29 is 36.6 Å². The lowest BCUT2D eigenvalue weighted by Crippen LogP contribution is -2.65. The lowest BCUT2D eigenvalue weighted by molar-refractivity contribution is 0.0137. The third-order valence-electron chi connectivity index (χ3n) is 6.37. The molecule has 38 heavy (non-hydrogen) atoms. The summed E-state index contributed by atoms with van der Waals surface area (Å²) >= 11 is 0. The summed E-state index contributed by atoms with van der Waals surface area (Å²) in [6, 6.07) is 4.50. The maximum Gasteiger partial charge on any atom is 0.425 e. The van der Waals surface area contributed by atoms with Gasteiger partial charge in [-0.05, 0) is 80.5 Å². The number of ether oxygens (including phenoxy) is 3. The first-order valence-corrected chi connectivity index (χ1v) is 13.9. The molecule has 0 spiro atoms. The number of nitrogens with zero attached hydrogens (tertiary/aromatic N) is 2. The van der Waals surface area contributed by atoms with E-state index in [1.807, 2.05) is 0 Å². The number of nitrogen functional groups attached to an aromatic ring is 1. The van der Waals surface area contributed by atoms with E-state index in [1.165, 1.54) is 26.0 Å². The summed E-state index contributed by atoms with van der Waals surface area (Å²) in [5.41, 5.74) is 2.21. The first-order chi connectivity index (χ1) is 17.2. The molecule has 0 bridgehead atoms. The predicted octanol–water partition coefficient (Wildman–Crippen LogP) is 4.75. The molecule has 0 aromatic heterocycles. The molecular formula is C26H38FN3O7S. The van der Waals surface area contributed by atoms with E-state index in [0.29, 0.717) is 4.90 Å². The smallest absolute Gasteiger partial charge is 0.425 e. The third-order valence-corrected chi connectivity index (χ3v) is 9.31. The largest absolute Gasteiger partial charge is 0.490 e. The minimum atomic E-state index is -4.34. The number of amides is 2. The zero-order chi connectivity index (χ0) is 29.1. The molecule has 2 aliphatic heterocycles. The molecule has 3 rings (SSSR count). The number of carbonyl (C=O) groups excluding carboxylic acids is 2. The number of nitrogens with two attached hydrogens (primary N) is 1. The minimum Gasteiger partial charge on any atom is -0.490 e. The van der Waals surface area contributed by atoms with E-state index in [0.717, 1.165) is 0 Å². The highest BCUT2D eigenvalue weighted by Gasteiger charge is 2.63. The number of benzene rings is 1. The van der Waals surface area contributed by atoms with Crippen LogP contribution < -0.4 is 10.5 Å². The second-order valence-corrected chi connectivity index (χ2v) is 14.9. The fourth-order valence-corrected chi connectivity index (χ4v) is 7.00. The van der Waals surface area contributed by atoms with E-state index in [-0.39, 0.29) is 23.4 Å². The Kier molecular flexibility index (Phi) is 7.33. The lowest BCUT2D eigenvalue weighted by Gasteiger charge is -2.46. The average molecular weight is 556 g/mol. The van der Waals surface area contributed by atoms with Gasteiger partial charge in [0, 0.05) is 17.7 Å². The Morgan fingerprint density at radius 3 is 2.13 bits per heavy atom. The lowest BCUT2D eigenvalue weighted by atomic mass is 9.85. The number of imide groups is 1. The molecule has 2 N–H and O–H groups in total. The number of fused-ring (bicyclic) bond motifs is 3. The molecule has 0 fully saturated rings. The summed E-state index contributed by atoms with van der Waals surface area (Å²) in [5.74, 6) is -0.302. The molecule has 2 aliphatic rings. The van der Waals surface area contributed by atoms with Gasteiger partial charge >= 0.3 is 12.2 Å². The molecule has 3 unspecified atom stereocenters. The quantitative estimate of drug-likeness (QED) is 0.490. The van der Waals surface area contributed by atoms with Crippen molar-refractivity contribution in [1.29, 1.82) is 0 Å². The zero-order valence-corrected chi connectivity index (χ0v) is 24.2. The van der Waals surface area contributed by atoms with Crippen LogP contribution in [0.25, 0.3) is 0 Å². The van der Waals surface area contributed by atoms with Crippen LogP contribution in [0.4, 0.5) is 19.7 Å². The van der Waals surface area contributed by atoms with E-state index in [1.54, 1.807) is 54.5 Å². The summed E-state index contributed by atoms with van der Waals surface area (Å²) in [4.78, 5) is 32.0. The van der Waals surface area contributed by atoms with E-state index in [4.69, 9.17) is 19.9 Å². The van der Waals surface area contributed by atoms with Gasteiger partial charge in [-0.3, -0.25) is 4.99 Å². The Morgan fingerprint density at radius 1 is 1.13 bits per heavy atom. The van der Waals surface area contributed by atoms with E-state index < -0.39 is 67.4 Å². The van der Waals surface area contributed by atoms with Crippen LogP contribution in [0.3, 0.4) is 0 Å². The van der Waals surface area contributed by atoms with Crippen LogP contribution in [0.5, 0.6) is 5.75 Å². The maximum absolute atomic E-state index is 15.4. The van der Waals surface area contributed by atoms with Gasteiger partial charge in [-0.1, -0.05) is 0 Å². The van der Waals surface area contributed by atoms with Gasteiger partial charge in [0.05, 0.1) is 11.4 Å². The van der Waals surface area contributed by atoms with Gasteiger partial charge in [0.25, 0.3) is 0 Å². The number of rotatable bonds is 1. The molecular weight excluding hydrogens is 517 g/mol. The normalized spacial score (nSPS) is 26.0. The van der Waals surface area contributed by atoms with Crippen molar-refractivity contribution in [3.05, 3.63) is 23.8 Å². The average Bonchev–Trinajstić information content (AvgIpc) is 2.84. The molecule has 10 nitrogen and oxygen atoms in total. The van der Waals surface area contributed by atoms with E-state index in [2.05, 4.69) is 4.99 Å². The third kappa shape index (κ3) is 5.19. The van der Waals surface area contributed by atoms with Gasteiger partial charge in [0.1, 0.15) is 39.7 Å². The Balaban J connectivity index is 2.42. The van der Waals surface area contributed by atoms with Gasteiger partial charge in [-0.25, -0.2) is 22.4 Å². The number of halogens is 1. The van der Waals surface area contributed by atoms with Gasteiger partial charge < -0.3 is 19.9 Å². The number of amidine groups is 1. The standard InChI is InChI=1S/C26H38FN3O7S/c1-15-12-19-26(14-27,17-13-16(28)10-11-18(17)35-15)29-20(25(8,9)38(19,33)34)30(21(31)36-23(2,3)4)22(32)37-24(5,6)7/h10-11,13,15,19H,12,14,28H2,1-9H3. The van der Waals surface area contributed by atoms with Crippen LogP contribution in [0.15, 0.2) is 23.2 Å². The fourth-order valence-electron chi connectivity index (χ4n) is 4.62. The first-order valence-electron chi connectivity index (χ1n) is 12.4. The number of sulfone groups is 1. The van der Waals surface area contributed by atoms with E-state index >= 15 is 4.39 Å². The molecule has 0 saturated heterocycles. The van der Waals surface area contributed by atoms with E-state index in [9.17, 15) is 18.0 Å². The fraction of sp³-hybridized carbons (Fsp3) is 0.654. The number of hydrogen-bond acceptors (Lipinski definition) is 9. The van der Waals surface area contributed by atoms with Crippen LogP contribution in [0.1, 0.15) is 74.3 Å². The number of alkyl halides is 1. The minimum absolute atomic E-state index is 0.0834. The van der Waals surface area contributed by atoms with Crippen molar-refractivity contribution >= 4 is 33.5 Å². The Hall–Kier alpha value is -2.89. The van der Waals surface area contributed by atoms with Crippen molar-refractivity contribution in [1.82, 2.24) is 4.90 Å². The van der Waals surface area contributed by atoms with Gasteiger partial charge in [0.2, 0.25) is 0 Å². The molecule has 1 aromatic carbocycles. The van der Waals surface area contributed by atoms with Crippen LogP contribution >= 0.6 is 0 Å². The van der Waals surface area contributed by atoms with Crippen LogP contribution in [-0.2, 0) is 24.8 Å². The molecule has 0 aliphatic carbocycles. The molecule has 12 heteroatoms. The van der Waals surface area contributed by atoms with Crippen LogP contribution in [0, 0.1) is 0 Å². The van der Waals surface area contributed by atoms with Gasteiger partial charge in [-0.2, -0.15) is 4.90 Å². The number of carbonyl (C=O) groups is 2. The number of anilines is 1. The summed E-state index contributed by atoms with van der Waals surface area (Å²) < 4.78 is 58.9. The predicted molar refractivity (Wildman–Crippen MR) is 142 cm³/mol. The molecule has 3 atom stereocenters. The van der Waals surface area contributed by atoms with Crippen molar-refractivity contribution in [2.24, 2.45) is 4.99 Å². The summed E-state index contributed by atoms with van der Waals surface area (Å²) in [6.07, 6.45) is -3.09. The van der Waals surface area contributed by atoms with Gasteiger partial charge in [-0.15, -0.1) is 0 Å². The molecule has 0 radical (unpaired) electrons. The van der Waals surface area contributed by atoms with Gasteiger partial charge in [0.15, 0.2) is 9.84 Å². The Labute approximate surface area is 223 Å². The second kappa shape index (κ2) is 9.39. The summed E-state index contributed by atoms with van der Waals surface area (Å²) in [5, 5.41) is -1.38. The Bertz CT molecular complexity index is 1240. The molecule has 2 heterocycles. The van der Waals surface area contributed by atoms with Crippen molar-refractivity contribution in [3.8, 4) is 5.75 Å². The Morgan fingerprint density at radius 2 is 1.66 bits per heavy atom.